The van der Waals surface area contributed by atoms with Gasteiger partial charge in [-0.2, -0.15) is 0 Å². The molecule has 106 valence electrons. The predicted molar refractivity (Wildman–Crippen MR) is 78.7 cm³/mol. The third-order valence-electron chi connectivity index (χ3n) is 4.08. The van der Waals surface area contributed by atoms with Crippen LogP contribution < -0.4 is 11.3 Å². The smallest absolute Gasteiger partial charge is 0.0744 e. The summed E-state index contributed by atoms with van der Waals surface area (Å²) >= 11 is 0. The minimum Gasteiger partial charge on any atom is -0.377 e. The van der Waals surface area contributed by atoms with E-state index in [1.807, 2.05) is 0 Å². The number of benzene rings is 1. The highest BCUT2D eigenvalue weighted by atomic mass is 16.5. The van der Waals surface area contributed by atoms with Crippen molar-refractivity contribution in [1.82, 2.24) is 5.43 Å². The first-order valence-electron chi connectivity index (χ1n) is 7.44. The third-order valence-corrected chi connectivity index (χ3v) is 4.08. The van der Waals surface area contributed by atoms with E-state index in [0.717, 1.165) is 19.4 Å². The summed E-state index contributed by atoms with van der Waals surface area (Å²) in [4.78, 5) is 0. The molecule has 0 spiro atoms. The van der Waals surface area contributed by atoms with Crippen LogP contribution in [0.1, 0.15) is 44.6 Å². The molecule has 0 bridgehead atoms. The Morgan fingerprint density at radius 1 is 1.32 bits per heavy atom. The van der Waals surface area contributed by atoms with Crippen LogP contribution in [0.15, 0.2) is 30.3 Å². The molecule has 0 aromatic heterocycles. The van der Waals surface area contributed by atoms with Crippen molar-refractivity contribution in [2.24, 2.45) is 11.8 Å². The monoisotopic (exact) mass is 262 g/mol. The molecule has 1 aromatic rings. The predicted octanol–water partition coefficient (Wildman–Crippen LogP) is 2.83. The van der Waals surface area contributed by atoms with Gasteiger partial charge in [0.25, 0.3) is 0 Å². The van der Waals surface area contributed by atoms with Crippen LogP contribution in [0.2, 0.25) is 0 Å². The van der Waals surface area contributed by atoms with Gasteiger partial charge in [0, 0.05) is 6.61 Å². The van der Waals surface area contributed by atoms with Gasteiger partial charge in [-0.3, -0.25) is 11.3 Å². The molecule has 1 aliphatic carbocycles. The summed E-state index contributed by atoms with van der Waals surface area (Å²) < 4.78 is 5.88. The van der Waals surface area contributed by atoms with Crippen LogP contribution in [0.25, 0.3) is 0 Å². The zero-order valence-electron chi connectivity index (χ0n) is 12.0. The van der Waals surface area contributed by atoms with E-state index in [1.165, 1.54) is 12.0 Å². The molecule has 0 saturated heterocycles. The Kier molecular flexibility index (Phi) is 5.37. The van der Waals surface area contributed by atoms with Crippen molar-refractivity contribution in [2.75, 3.05) is 6.61 Å². The Labute approximate surface area is 116 Å². The number of hydrogen-bond donors (Lipinski definition) is 2. The lowest BCUT2D eigenvalue weighted by Gasteiger charge is -2.26. The van der Waals surface area contributed by atoms with Gasteiger partial charge in [-0.05, 0) is 37.2 Å². The van der Waals surface area contributed by atoms with E-state index in [-0.39, 0.29) is 12.1 Å². The molecule has 0 aliphatic heterocycles. The second-order valence-electron chi connectivity index (χ2n) is 5.39. The van der Waals surface area contributed by atoms with Crippen molar-refractivity contribution in [2.45, 2.75) is 51.2 Å². The van der Waals surface area contributed by atoms with Crippen molar-refractivity contribution in [3.05, 3.63) is 35.9 Å². The molecular weight excluding hydrogens is 236 g/mol. The van der Waals surface area contributed by atoms with Crippen LogP contribution >= 0.6 is 0 Å². The SMILES string of the molecule is CCCC(OCC)C(NN)C1CC1c1ccccc1. The molecule has 3 nitrogen and oxygen atoms in total. The summed E-state index contributed by atoms with van der Waals surface area (Å²) in [5.41, 5.74) is 4.44. The van der Waals surface area contributed by atoms with Crippen molar-refractivity contribution < 1.29 is 4.74 Å². The average Bonchev–Trinajstić information content (AvgIpc) is 3.21. The van der Waals surface area contributed by atoms with Gasteiger partial charge in [-0.25, -0.2) is 0 Å². The van der Waals surface area contributed by atoms with Crippen molar-refractivity contribution >= 4 is 0 Å². The Bertz CT molecular complexity index is 362. The standard InChI is InChI=1S/C16H26N2O/c1-3-8-15(19-4-2)16(18-17)14-11-13(14)12-9-6-5-7-10-12/h5-7,9-10,13-16,18H,3-4,8,11,17H2,1-2H3. The summed E-state index contributed by atoms with van der Waals surface area (Å²) in [5.74, 6) is 7.03. The van der Waals surface area contributed by atoms with Crippen molar-refractivity contribution in [3.8, 4) is 0 Å². The van der Waals surface area contributed by atoms with Gasteiger partial charge in [0.2, 0.25) is 0 Å². The maximum Gasteiger partial charge on any atom is 0.0744 e. The minimum absolute atomic E-state index is 0.235. The fraction of sp³-hybridized carbons (Fsp3) is 0.625. The lowest BCUT2D eigenvalue weighted by Crippen LogP contribution is -2.47. The molecule has 0 heterocycles. The quantitative estimate of drug-likeness (QED) is 0.559. The summed E-state index contributed by atoms with van der Waals surface area (Å²) in [7, 11) is 0. The van der Waals surface area contributed by atoms with Gasteiger partial charge in [-0.1, -0.05) is 43.7 Å². The first-order chi connectivity index (χ1) is 9.31. The highest BCUT2D eigenvalue weighted by Gasteiger charge is 2.46. The van der Waals surface area contributed by atoms with E-state index < -0.39 is 0 Å². The van der Waals surface area contributed by atoms with Crippen LogP contribution in [0, 0.1) is 5.92 Å². The highest BCUT2D eigenvalue weighted by molar-refractivity contribution is 5.27. The van der Waals surface area contributed by atoms with E-state index in [0.29, 0.717) is 11.8 Å². The zero-order chi connectivity index (χ0) is 13.7. The summed E-state index contributed by atoms with van der Waals surface area (Å²) in [6.45, 7) is 5.00. The van der Waals surface area contributed by atoms with Crippen molar-refractivity contribution in [3.63, 3.8) is 0 Å². The normalized spacial score (nSPS) is 25.0. The molecule has 2 rings (SSSR count). The first kappa shape index (κ1) is 14.5. The van der Waals surface area contributed by atoms with E-state index in [4.69, 9.17) is 10.6 Å². The molecule has 19 heavy (non-hydrogen) atoms. The Hall–Kier alpha value is -0.900. The van der Waals surface area contributed by atoms with Crippen LogP contribution in [0.5, 0.6) is 0 Å². The fourth-order valence-corrected chi connectivity index (χ4v) is 3.07. The summed E-state index contributed by atoms with van der Waals surface area (Å²) in [6.07, 6.45) is 3.65. The number of rotatable bonds is 8. The topological polar surface area (TPSA) is 47.3 Å². The number of nitrogens with two attached hydrogens (primary N) is 1. The zero-order valence-corrected chi connectivity index (χ0v) is 12.0. The van der Waals surface area contributed by atoms with Gasteiger partial charge in [0.15, 0.2) is 0 Å². The molecule has 4 atom stereocenters. The maximum atomic E-state index is 5.88. The summed E-state index contributed by atoms with van der Waals surface area (Å²) in [5, 5.41) is 0. The Balaban J connectivity index is 1.99. The Morgan fingerprint density at radius 2 is 2.05 bits per heavy atom. The lowest BCUT2D eigenvalue weighted by molar-refractivity contribution is 0.0217. The van der Waals surface area contributed by atoms with Crippen LogP contribution in [0.3, 0.4) is 0 Å². The Morgan fingerprint density at radius 3 is 2.63 bits per heavy atom. The highest BCUT2D eigenvalue weighted by Crippen LogP contribution is 2.50. The van der Waals surface area contributed by atoms with Gasteiger partial charge in [-0.15, -0.1) is 0 Å². The molecule has 4 unspecified atom stereocenters. The maximum absolute atomic E-state index is 5.88. The van der Waals surface area contributed by atoms with Crippen LogP contribution in [-0.2, 0) is 4.74 Å². The molecule has 3 N–H and O–H groups in total. The van der Waals surface area contributed by atoms with Crippen LogP contribution in [0.4, 0.5) is 0 Å². The van der Waals surface area contributed by atoms with Gasteiger partial charge in [0.1, 0.15) is 0 Å². The second kappa shape index (κ2) is 7.04. The molecular formula is C16H26N2O. The van der Waals surface area contributed by atoms with Gasteiger partial charge >= 0.3 is 0 Å². The van der Waals surface area contributed by atoms with E-state index >= 15 is 0 Å². The van der Waals surface area contributed by atoms with E-state index in [9.17, 15) is 0 Å². The van der Waals surface area contributed by atoms with Crippen LogP contribution in [-0.4, -0.2) is 18.8 Å². The fourth-order valence-electron chi connectivity index (χ4n) is 3.07. The number of ether oxygens (including phenoxy) is 1. The number of hydrazine groups is 1. The summed E-state index contributed by atoms with van der Waals surface area (Å²) in [6, 6.07) is 11.0. The van der Waals surface area contributed by atoms with E-state index in [2.05, 4.69) is 49.6 Å². The van der Waals surface area contributed by atoms with Gasteiger partial charge in [0.05, 0.1) is 12.1 Å². The molecule has 3 heteroatoms. The van der Waals surface area contributed by atoms with Crippen molar-refractivity contribution in [1.29, 1.82) is 0 Å². The number of hydrogen-bond acceptors (Lipinski definition) is 3. The second-order valence-corrected chi connectivity index (χ2v) is 5.39. The molecule has 1 aliphatic rings. The number of nitrogens with one attached hydrogen (secondary N) is 1. The third kappa shape index (κ3) is 3.56. The van der Waals surface area contributed by atoms with Gasteiger partial charge < -0.3 is 4.74 Å². The molecule has 1 fully saturated rings. The average molecular weight is 262 g/mol. The minimum atomic E-state index is 0.235. The molecule has 0 radical (unpaired) electrons. The molecule has 1 saturated carbocycles. The molecule has 1 aromatic carbocycles. The van der Waals surface area contributed by atoms with E-state index in [1.54, 1.807) is 0 Å². The lowest BCUT2D eigenvalue weighted by atomic mass is 9.98. The molecule has 0 amide bonds. The largest absolute Gasteiger partial charge is 0.377 e. The first-order valence-corrected chi connectivity index (χ1v) is 7.44.